The molecule has 12 heteroatoms. The van der Waals surface area contributed by atoms with Crippen molar-refractivity contribution in [2.24, 2.45) is 5.73 Å². The third kappa shape index (κ3) is 3.74. The summed E-state index contributed by atoms with van der Waals surface area (Å²) in [5, 5.41) is 12.2. The van der Waals surface area contributed by atoms with Gasteiger partial charge in [-0.3, -0.25) is 19.2 Å². The van der Waals surface area contributed by atoms with Gasteiger partial charge in [-0.2, -0.15) is 5.06 Å². The van der Waals surface area contributed by atoms with Crippen molar-refractivity contribution >= 4 is 27.7 Å². The average Bonchev–Trinajstić information content (AvgIpc) is 3.05. The van der Waals surface area contributed by atoms with E-state index in [1.165, 1.54) is 22.9 Å². The summed E-state index contributed by atoms with van der Waals surface area (Å²) < 4.78 is 29.1. The molecular formula is C23H23BrF2N4O5. The van der Waals surface area contributed by atoms with E-state index >= 15 is 0 Å². The highest BCUT2D eigenvalue weighted by Gasteiger charge is 2.56. The monoisotopic (exact) mass is 552 g/mol. The molecule has 4 atom stereocenters. The lowest BCUT2D eigenvalue weighted by Gasteiger charge is -2.42. The van der Waals surface area contributed by atoms with E-state index in [-0.39, 0.29) is 35.3 Å². The molecule has 1 unspecified atom stereocenters. The summed E-state index contributed by atoms with van der Waals surface area (Å²) >= 11 is 3.60. The van der Waals surface area contributed by atoms with Crippen LogP contribution in [-0.2, 0) is 11.4 Å². The highest BCUT2D eigenvalue weighted by atomic mass is 79.9. The Morgan fingerprint density at radius 3 is 2.77 bits per heavy atom. The Hall–Kier alpha value is -2.83. The number of hydroxylamine groups is 2. The van der Waals surface area contributed by atoms with E-state index in [1.807, 2.05) is 6.92 Å². The quantitative estimate of drug-likeness (QED) is 0.446. The standard InChI is InChI=1S/C23H23BrF2N4O5/c1-11-4-5-23(7-17(24)30(35-23)8-12-2-3-13(25)6-15(12)26)16-10-28(11)22(34)18-20(32)19(31)14(21(27)33)9-29(16)18/h2-3,6,9,11,16-17,32H,4-5,7-8,10H2,1H3,(H2,27,33)/t11-,16+,17?,23-/m0/s1. The van der Waals surface area contributed by atoms with Gasteiger partial charge in [0.2, 0.25) is 5.43 Å². The number of nitrogens with two attached hydrogens (primary N) is 1. The lowest BCUT2D eigenvalue weighted by Crippen LogP contribution is -2.52. The zero-order valence-corrected chi connectivity index (χ0v) is 20.3. The summed E-state index contributed by atoms with van der Waals surface area (Å²) in [7, 11) is 0. The Labute approximate surface area is 207 Å². The molecule has 5 rings (SSSR count). The topological polar surface area (TPSA) is 118 Å². The van der Waals surface area contributed by atoms with Crippen LogP contribution in [0.15, 0.2) is 29.2 Å². The van der Waals surface area contributed by atoms with Gasteiger partial charge in [0.25, 0.3) is 11.8 Å². The molecule has 2 saturated heterocycles. The highest BCUT2D eigenvalue weighted by Crippen LogP contribution is 2.50. The van der Waals surface area contributed by atoms with Crippen molar-refractivity contribution in [3.8, 4) is 5.75 Å². The van der Waals surface area contributed by atoms with Gasteiger partial charge in [0.05, 0.1) is 17.5 Å². The lowest BCUT2D eigenvalue weighted by molar-refractivity contribution is -0.219. The van der Waals surface area contributed by atoms with Crippen LogP contribution in [0.1, 0.15) is 58.6 Å². The molecule has 2 fully saturated rings. The van der Waals surface area contributed by atoms with Crippen LogP contribution in [0.4, 0.5) is 8.78 Å². The number of aromatic hydroxyl groups is 1. The third-order valence-corrected chi connectivity index (χ3v) is 8.02. The Morgan fingerprint density at radius 2 is 2.09 bits per heavy atom. The molecule has 2 bridgehead atoms. The molecule has 2 amide bonds. The van der Waals surface area contributed by atoms with Gasteiger partial charge in [0.15, 0.2) is 11.4 Å². The largest absolute Gasteiger partial charge is 0.503 e. The lowest BCUT2D eigenvalue weighted by atomic mass is 9.85. The predicted molar refractivity (Wildman–Crippen MR) is 123 cm³/mol. The zero-order chi connectivity index (χ0) is 25.2. The number of pyridine rings is 1. The minimum atomic E-state index is -1.02. The molecule has 2 aromatic rings. The molecule has 4 heterocycles. The average molecular weight is 553 g/mol. The number of hydrogen-bond acceptors (Lipinski definition) is 6. The minimum Gasteiger partial charge on any atom is -0.503 e. The van der Waals surface area contributed by atoms with E-state index in [9.17, 15) is 28.3 Å². The number of aromatic nitrogens is 1. The van der Waals surface area contributed by atoms with Crippen molar-refractivity contribution in [3.05, 3.63) is 63.1 Å². The number of alkyl halides is 1. The first-order chi connectivity index (χ1) is 16.5. The Balaban J connectivity index is 1.59. The maximum Gasteiger partial charge on any atom is 0.274 e. The normalized spacial score (nSPS) is 28.3. The Kier molecular flexibility index (Phi) is 5.72. The molecule has 1 aromatic carbocycles. The maximum absolute atomic E-state index is 14.3. The van der Waals surface area contributed by atoms with Crippen LogP contribution >= 0.6 is 15.9 Å². The SMILES string of the molecule is C[C@H]1CC[C@]2(CC(Br)N(Cc3ccc(F)cc3F)O2)[C@H]2CN1C(=O)c1c(O)c(=O)c(C(N)=O)cn12. The fourth-order valence-corrected chi connectivity index (χ4v) is 6.11. The van der Waals surface area contributed by atoms with Crippen LogP contribution in [0.2, 0.25) is 0 Å². The number of primary amides is 1. The first-order valence-electron chi connectivity index (χ1n) is 11.1. The van der Waals surface area contributed by atoms with E-state index in [4.69, 9.17) is 10.6 Å². The summed E-state index contributed by atoms with van der Waals surface area (Å²) in [6.45, 7) is 2.12. The van der Waals surface area contributed by atoms with Crippen molar-refractivity contribution in [2.45, 2.75) is 55.4 Å². The van der Waals surface area contributed by atoms with Crippen molar-refractivity contribution in [3.63, 3.8) is 0 Å². The molecule has 1 spiro atoms. The van der Waals surface area contributed by atoms with Crippen LogP contribution in [0.25, 0.3) is 0 Å². The van der Waals surface area contributed by atoms with E-state index in [0.717, 1.165) is 6.07 Å². The molecule has 1 aromatic heterocycles. The first-order valence-corrected chi connectivity index (χ1v) is 12.1. The smallest absolute Gasteiger partial charge is 0.274 e. The molecule has 3 aliphatic heterocycles. The number of halogens is 3. The highest BCUT2D eigenvalue weighted by molar-refractivity contribution is 9.09. The van der Waals surface area contributed by atoms with Crippen LogP contribution in [0, 0.1) is 11.6 Å². The molecule has 3 N–H and O–H groups in total. The fraction of sp³-hybridized carbons (Fsp3) is 0.435. The third-order valence-electron chi connectivity index (χ3n) is 7.24. The summed E-state index contributed by atoms with van der Waals surface area (Å²) in [5.41, 5.74) is 3.04. The van der Waals surface area contributed by atoms with E-state index in [2.05, 4.69) is 15.9 Å². The van der Waals surface area contributed by atoms with Crippen LogP contribution < -0.4 is 11.2 Å². The second-order valence-corrected chi connectivity index (χ2v) is 10.4. The summed E-state index contributed by atoms with van der Waals surface area (Å²) in [5.74, 6) is -3.75. The van der Waals surface area contributed by atoms with Crippen LogP contribution in [-0.4, -0.2) is 54.6 Å². The van der Waals surface area contributed by atoms with Gasteiger partial charge >= 0.3 is 0 Å². The summed E-state index contributed by atoms with van der Waals surface area (Å²) in [4.78, 5) is 45.4. The van der Waals surface area contributed by atoms with Crippen LogP contribution in [0.5, 0.6) is 5.75 Å². The molecule has 0 saturated carbocycles. The molecule has 186 valence electrons. The van der Waals surface area contributed by atoms with Gasteiger partial charge in [-0.1, -0.05) is 22.0 Å². The number of fused-ring (bicyclic) bond motifs is 5. The zero-order valence-electron chi connectivity index (χ0n) is 18.7. The van der Waals surface area contributed by atoms with Crippen LogP contribution in [0.3, 0.4) is 0 Å². The molecule has 0 aliphatic carbocycles. The van der Waals surface area contributed by atoms with Gasteiger partial charge < -0.3 is 20.3 Å². The Bertz CT molecular complexity index is 1300. The van der Waals surface area contributed by atoms with Gasteiger partial charge in [-0.05, 0) is 25.8 Å². The van der Waals surface area contributed by atoms with Crippen molar-refractivity contribution < 1.29 is 28.3 Å². The first kappa shape index (κ1) is 23.9. The second-order valence-electron chi connectivity index (χ2n) is 9.31. The van der Waals surface area contributed by atoms with Crippen molar-refractivity contribution in [1.82, 2.24) is 14.5 Å². The molecule has 0 radical (unpaired) electrons. The van der Waals surface area contributed by atoms with Crippen molar-refractivity contribution in [1.29, 1.82) is 0 Å². The number of amides is 2. The Morgan fingerprint density at radius 1 is 1.34 bits per heavy atom. The number of benzene rings is 1. The maximum atomic E-state index is 14.3. The van der Waals surface area contributed by atoms with Gasteiger partial charge in [-0.25, -0.2) is 8.78 Å². The van der Waals surface area contributed by atoms with E-state index in [1.54, 1.807) is 9.96 Å². The fourth-order valence-electron chi connectivity index (χ4n) is 5.33. The number of carbonyl (C=O) groups excluding carboxylic acids is 2. The molecular weight excluding hydrogens is 530 g/mol. The molecule has 35 heavy (non-hydrogen) atoms. The number of hydrogen-bond donors (Lipinski definition) is 2. The van der Waals surface area contributed by atoms with Gasteiger partial charge in [0, 0.05) is 36.8 Å². The summed E-state index contributed by atoms with van der Waals surface area (Å²) in [6, 6.07) is 2.55. The minimum absolute atomic E-state index is 0.0313. The van der Waals surface area contributed by atoms with E-state index in [0.29, 0.717) is 19.3 Å². The molecule has 3 aliphatic rings. The van der Waals surface area contributed by atoms with Gasteiger partial charge in [-0.15, -0.1) is 0 Å². The predicted octanol–water partition coefficient (Wildman–Crippen LogP) is 2.41. The number of rotatable bonds is 3. The number of nitrogens with zero attached hydrogens (tertiary/aromatic N) is 3. The van der Waals surface area contributed by atoms with E-state index < -0.39 is 51.8 Å². The van der Waals surface area contributed by atoms with Gasteiger partial charge in [0.1, 0.15) is 22.8 Å². The second kappa shape index (κ2) is 8.38. The number of carbonyl (C=O) groups is 2. The molecule has 9 nitrogen and oxygen atoms in total. The van der Waals surface area contributed by atoms with Crippen molar-refractivity contribution in [2.75, 3.05) is 6.54 Å². The summed E-state index contributed by atoms with van der Waals surface area (Å²) in [6.07, 6.45) is 2.72.